The fraction of sp³-hybridized carbons (Fsp3) is 0.200. The third-order valence-corrected chi connectivity index (χ3v) is 2.22. The van der Waals surface area contributed by atoms with Crippen LogP contribution in [0.3, 0.4) is 0 Å². The fourth-order valence-corrected chi connectivity index (χ4v) is 1.44. The Morgan fingerprint density at radius 3 is 2.93 bits per heavy atom. The van der Waals surface area contributed by atoms with Gasteiger partial charge in [-0.15, -0.1) is 0 Å². The van der Waals surface area contributed by atoms with Crippen LogP contribution in [-0.2, 0) is 6.54 Å². The smallest absolute Gasteiger partial charge is 0.129 e. The molecule has 0 bridgehead atoms. The van der Waals surface area contributed by atoms with Crippen LogP contribution in [0.1, 0.15) is 6.92 Å². The molecule has 2 aromatic heterocycles. The number of aryl methyl sites for hydroxylation is 1. The van der Waals surface area contributed by atoms with Crippen molar-refractivity contribution in [1.29, 1.82) is 0 Å². The van der Waals surface area contributed by atoms with Crippen molar-refractivity contribution in [2.45, 2.75) is 13.5 Å². The van der Waals surface area contributed by atoms with E-state index in [-0.39, 0.29) is 0 Å². The third kappa shape index (κ3) is 1.77. The average Bonchev–Trinajstić information content (AvgIpc) is 2.66. The molecule has 2 rings (SSSR count). The normalized spacial score (nSPS) is 10.4. The van der Waals surface area contributed by atoms with Crippen molar-refractivity contribution in [3.05, 3.63) is 35.9 Å². The molecule has 2 aromatic rings. The van der Waals surface area contributed by atoms with Crippen LogP contribution in [0.2, 0.25) is 5.15 Å². The van der Waals surface area contributed by atoms with E-state index in [1.54, 1.807) is 6.20 Å². The molecule has 4 heteroatoms. The molecule has 0 atom stereocenters. The molecule has 0 aromatic carbocycles. The minimum atomic E-state index is 0.506. The number of nitrogens with zero attached hydrogens (tertiary/aromatic N) is 3. The van der Waals surface area contributed by atoms with Crippen molar-refractivity contribution in [3.63, 3.8) is 0 Å². The highest BCUT2D eigenvalue weighted by Gasteiger charge is 2.01. The van der Waals surface area contributed by atoms with Gasteiger partial charge in [-0.3, -0.25) is 4.68 Å². The van der Waals surface area contributed by atoms with E-state index in [1.807, 2.05) is 29.2 Å². The van der Waals surface area contributed by atoms with Gasteiger partial charge in [0.15, 0.2) is 0 Å². The number of halogens is 1. The molecule has 0 amide bonds. The van der Waals surface area contributed by atoms with Crippen molar-refractivity contribution >= 4 is 11.6 Å². The lowest BCUT2D eigenvalue weighted by molar-refractivity contribution is 0.660. The first kappa shape index (κ1) is 9.21. The summed E-state index contributed by atoms with van der Waals surface area (Å²) in [5.41, 5.74) is 2.11. The van der Waals surface area contributed by atoms with Gasteiger partial charge in [0.2, 0.25) is 0 Å². The van der Waals surface area contributed by atoms with E-state index < -0.39 is 0 Å². The summed E-state index contributed by atoms with van der Waals surface area (Å²) in [7, 11) is 0. The minimum absolute atomic E-state index is 0.506. The molecule has 0 unspecified atom stereocenters. The fourth-order valence-electron chi connectivity index (χ4n) is 1.27. The Bertz CT molecular complexity index is 436. The molecule has 0 fully saturated rings. The molecule has 72 valence electrons. The highest BCUT2D eigenvalue weighted by atomic mass is 35.5. The molecule has 0 aliphatic carbocycles. The van der Waals surface area contributed by atoms with Crippen molar-refractivity contribution in [3.8, 4) is 11.1 Å². The summed E-state index contributed by atoms with van der Waals surface area (Å²) in [6.45, 7) is 2.93. The highest BCUT2D eigenvalue weighted by Crippen LogP contribution is 2.20. The van der Waals surface area contributed by atoms with Crippen LogP contribution in [0.25, 0.3) is 11.1 Å². The van der Waals surface area contributed by atoms with Gasteiger partial charge in [-0.2, -0.15) is 5.10 Å². The lowest BCUT2D eigenvalue weighted by atomic mass is 10.1. The largest absolute Gasteiger partial charge is 0.272 e. The highest BCUT2D eigenvalue weighted by molar-refractivity contribution is 6.29. The van der Waals surface area contributed by atoms with Gasteiger partial charge in [0, 0.05) is 24.5 Å². The van der Waals surface area contributed by atoms with Crippen molar-refractivity contribution < 1.29 is 0 Å². The summed E-state index contributed by atoms with van der Waals surface area (Å²) in [4.78, 5) is 3.93. The summed E-state index contributed by atoms with van der Waals surface area (Å²) < 4.78 is 1.88. The average molecular weight is 208 g/mol. The molecular weight excluding hydrogens is 198 g/mol. The van der Waals surface area contributed by atoms with Gasteiger partial charge >= 0.3 is 0 Å². The standard InChI is InChI=1S/C10H10ClN3/c1-2-14-7-9(6-13-14)8-3-4-12-10(11)5-8/h3-7H,2H2,1H3. The molecule has 0 radical (unpaired) electrons. The first-order valence-corrected chi connectivity index (χ1v) is 4.82. The summed E-state index contributed by atoms with van der Waals surface area (Å²) in [5, 5.41) is 4.70. The predicted molar refractivity (Wildman–Crippen MR) is 56.1 cm³/mol. The summed E-state index contributed by atoms with van der Waals surface area (Å²) in [6, 6.07) is 3.75. The Hall–Kier alpha value is -1.35. The first-order chi connectivity index (χ1) is 6.79. The lowest BCUT2D eigenvalue weighted by Gasteiger charge is -1.96. The van der Waals surface area contributed by atoms with Gasteiger partial charge in [-0.25, -0.2) is 4.98 Å². The number of aromatic nitrogens is 3. The van der Waals surface area contributed by atoms with E-state index in [0.29, 0.717) is 5.15 Å². The maximum Gasteiger partial charge on any atom is 0.129 e. The van der Waals surface area contributed by atoms with E-state index in [1.165, 1.54) is 0 Å². The van der Waals surface area contributed by atoms with Crippen LogP contribution < -0.4 is 0 Å². The number of pyridine rings is 1. The zero-order chi connectivity index (χ0) is 9.97. The second kappa shape index (κ2) is 3.80. The van der Waals surface area contributed by atoms with Crippen LogP contribution in [0, 0.1) is 0 Å². The molecule has 0 saturated carbocycles. The predicted octanol–water partition coefficient (Wildman–Crippen LogP) is 2.62. The van der Waals surface area contributed by atoms with Crippen LogP contribution >= 0.6 is 11.6 Å². The molecule has 0 aliphatic heterocycles. The number of rotatable bonds is 2. The van der Waals surface area contributed by atoms with Gasteiger partial charge in [0.05, 0.1) is 6.20 Å². The third-order valence-electron chi connectivity index (χ3n) is 2.02. The number of hydrogen-bond donors (Lipinski definition) is 0. The maximum absolute atomic E-state index is 5.80. The molecular formula is C10H10ClN3. The van der Waals surface area contributed by atoms with Gasteiger partial charge in [0.25, 0.3) is 0 Å². The summed E-state index contributed by atoms with van der Waals surface area (Å²) >= 11 is 5.80. The van der Waals surface area contributed by atoms with Gasteiger partial charge in [0.1, 0.15) is 5.15 Å². The van der Waals surface area contributed by atoms with Gasteiger partial charge in [-0.1, -0.05) is 11.6 Å². The Kier molecular flexibility index (Phi) is 2.50. The molecule has 2 heterocycles. The second-order valence-corrected chi connectivity index (χ2v) is 3.34. The molecule has 0 spiro atoms. The zero-order valence-electron chi connectivity index (χ0n) is 7.81. The molecule has 0 saturated heterocycles. The Morgan fingerprint density at radius 2 is 2.29 bits per heavy atom. The van der Waals surface area contributed by atoms with Crippen LogP contribution in [-0.4, -0.2) is 14.8 Å². The Balaban J connectivity index is 2.39. The second-order valence-electron chi connectivity index (χ2n) is 2.95. The molecule has 14 heavy (non-hydrogen) atoms. The molecule has 0 N–H and O–H groups in total. The van der Waals surface area contributed by atoms with Crippen LogP contribution in [0.15, 0.2) is 30.7 Å². The topological polar surface area (TPSA) is 30.7 Å². The van der Waals surface area contributed by atoms with E-state index in [4.69, 9.17) is 11.6 Å². The van der Waals surface area contributed by atoms with Crippen molar-refractivity contribution in [2.24, 2.45) is 0 Å². The van der Waals surface area contributed by atoms with Gasteiger partial charge in [-0.05, 0) is 24.6 Å². The van der Waals surface area contributed by atoms with Crippen molar-refractivity contribution in [1.82, 2.24) is 14.8 Å². The van der Waals surface area contributed by atoms with E-state index in [0.717, 1.165) is 17.7 Å². The molecule has 3 nitrogen and oxygen atoms in total. The van der Waals surface area contributed by atoms with E-state index in [9.17, 15) is 0 Å². The quantitative estimate of drug-likeness (QED) is 0.709. The van der Waals surface area contributed by atoms with E-state index in [2.05, 4.69) is 17.0 Å². The minimum Gasteiger partial charge on any atom is -0.272 e. The Labute approximate surface area is 87.3 Å². The summed E-state index contributed by atoms with van der Waals surface area (Å²) in [5.74, 6) is 0. The monoisotopic (exact) mass is 207 g/mol. The SMILES string of the molecule is CCn1cc(-c2ccnc(Cl)c2)cn1. The first-order valence-electron chi connectivity index (χ1n) is 4.44. The van der Waals surface area contributed by atoms with Gasteiger partial charge < -0.3 is 0 Å². The number of hydrogen-bond acceptors (Lipinski definition) is 2. The van der Waals surface area contributed by atoms with E-state index >= 15 is 0 Å². The molecule has 0 aliphatic rings. The van der Waals surface area contributed by atoms with Crippen molar-refractivity contribution in [2.75, 3.05) is 0 Å². The maximum atomic E-state index is 5.80. The lowest BCUT2D eigenvalue weighted by Crippen LogP contribution is -1.91. The van der Waals surface area contributed by atoms with Crippen LogP contribution in [0.4, 0.5) is 0 Å². The Morgan fingerprint density at radius 1 is 1.43 bits per heavy atom. The zero-order valence-corrected chi connectivity index (χ0v) is 8.57. The van der Waals surface area contributed by atoms with Crippen LogP contribution in [0.5, 0.6) is 0 Å². The summed E-state index contributed by atoms with van der Waals surface area (Å²) in [6.07, 6.45) is 5.52.